The molecule has 1 aromatic heterocycles. The second-order valence-electron chi connectivity index (χ2n) is 3.76. The zero-order valence-corrected chi connectivity index (χ0v) is 9.45. The maximum Gasteiger partial charge on any atom is 0.337 e. The van der Waals surface area contributed by atoms with Crippen molar-refractivity contribution in [2.45, 2.75) is 6.92 Å². The molecule has 1 heterocycles. The molecular formula is C13H9F2NO2. The number of pyridine rings is 1. The van der Waals surface area contributed by atoms with Crippen LogP contribution in [0.2, 0.25) is 0 Å². The van der Waals surface area contributed by atoms with Crippen molar-refractivity contribution in [1.82, 2.24) is 4.98 Å². The molecule has 0 unspecified atom stereocenters. The minimum atomic E-state index is -1.09. The zero-order valence-electron chi connectivity index (χ0n) is 9.45. The highest BCUT2D eigenvalue weighted by molar-refractivity contribution is 5.89. The van der Waals surface area contributed by atoms with Gasteiger partial charge in [0.2, 0.25) is 0 Å². The number of aromatic carboxylic acids is 1. The Morgan fingerprint density at radius 1 is 1.22 bits per heavy atom. The molecule has 2 rings (SSSR count). The maximum atomic E-state index is 13.5. The third-order valence-corrected chi connectivity index (χ3v) is 2.52. The Morgan fingerprint density at radius 2 is 1.94 bits per heavy atom. The first kappa shape index (κ1) is 12.2. The molecule has 0 saturated heterocycles. The van der Waals surface area contributed by atoms with Crippen LogP contribution < -0.4 is 0 Å². The summed E-state index contributed by atoms with van der Waals surface area (Å²) in [5, 5.41) is 8.85. The first-order valence-corrected chi connectivity index (χ1v) is 5.15. The first-order valence-electron chi connectivity index (χ1n) is 5.15. The van der Waals surface area contributed by atoms with Crippen LogP contribution in [-0.2, 0) is 0 Å². The smallest absolute Gasteiger partial charge is 0.337 e. The van der Waals surface area contributed by atoms with Crippen LogP contribution in [-0.4, -0.2) is 16.1 Å². The molecule has 0 radical (unpaired) electrons. The monoisotopic (exact) mass is 249 g/mol. The van der Waals surface area contributed by atoms with Gasteiger partial charge in [-0.1, -0.05) is 0 Å². The molecule has 2 aromatic rings. The van der Waals surface area contributed by atoms with E-state index >= 15 is 0 Å². The predicted octanol–water partition coefficient (Wildman–Crippen LogP) is 3.03. The third kappa shape index (κ3) is 2.20. The summed E-state index contributed by atoms with van der Waals surface area (Å²) >= 11 is 0. The Balaban J connectivity index is 2.52. The van der Waals surface area contributed by atoms with E-state index in [4.69, 9.17) is 5.11 Å². The van der Waals surface area contributed by atoms with E-state index in [1.54, 1.807) is 0 Å². The second-order valence-corrected chi connectivity index (χ2v) is 3.76. The number of rotatable bonds is 2. The molecule has 0 fully saturated rings. The maximum absolute atomic E-state index is 13.5. The quantitative estimate of drug-likeness (QED) is 0.889. The number of hydrogen-bond acceptors (Lipinski definition) is 2. The normalized spacial score (nSPS) is 10.4. The lowest BCUT2D eigenvalue weighted by Gasteiger charge is -2.06. The summed E-state index contributed by atoms with van der Waals surface area (Å²) in [4.78, 5) is 14.8. The lowest BCUT2D eigenvalue weighted by atomic mass is 10.1. The topological polar surface area (TPSA) is 50.2 Å². The molecule has 0 aliphatic rings. The minimum Gasteiger partial charge on any atom is -0.478 e. The number of halogens is 2. The summed E-state index contributed by atoms with van der Waals surface area (Å²) in [5.74, 6) is -2.49. The van der Waals surface area contributed by atoms with E-state index in [9.17, 15) is 13.6 Å². The standard InChI is InChI=1S/C13H9F2NO2/c1-7-9(13(17)18)4-5-12(16-7)10-3-2-8(14)6-11(10)15/h2-6H,1H3,(H,17,18). The van der Waals surface area contributed by atoms with Gasteiger partial charge in [0.25, 0.3) is 0 Å². The van der Waals surface area contributed by atoms with E-state index in [1.807, 2.05) is 0 Å². The number of carboxylic acids is 1. The highest BCUT2D eigenvalue weighted by Crippen LogP contribution is 2.22. The van der Waals surface area contributed by atoms with Crippen LogP contribution in [0.25, 0.3) is 11.3 Å². The summed E-state index contributed by atoms with van der Waals surface area (Å²) in [6.07, 6.45) is 0. The number of nitrogens with zero attached hydrogens (tertiary/aromatic N) is 1. The Hall–Kier alpha value is -2.30. The van der Waals surface area contributed by atoms with Crippen molar-refractivity contribution in [2.24, 2.45) is 0 Å². The van der Waals surface area contributed by atoms with Gasteiger partial charge in [-0.05, 0) is 31.2 Å². The van der Waals surface area contributed by atoms with Crippen molar-refractivity contribution in [2.75, 3.05) is 0 Å². The van der Waals surface area contributed by atoms with Crippen molar-refractivity contribution < 1.29 is 18.7 Å². The molecule has 0 saturated carbocycles. The molecule has 0 aliphatic heterocycles. The number of hydrogen-bond donors (Lipinski definition) is 1. The average Bonchev–Trinajstić information content (AvgIpc) is 2.28. The molecule has 92 valence electrons. The van der Waals surface area contributed by atoms with E-state index in [-0.39, 0.29) is 22.5 Å². The van der Waals surface area contributed by atoms with Gasteiger partial charge in [-0.3, -0.25) is 4.98 Å². The number of carboxylic acid groups (broad SMARTS) is 1. The van der Waals surface area contributed by atoms with Crippen LogP contribution in [0.3, 0.4) is 0 Å². The molecular weight excluding hydrogens is 240 g/mol. The molecule has 1 aromatic carbocycles. The highest BCUT2D eigenvalue weighted by Gasteiger charge is 2.12. The fourth-order valence-corrected chi connectivity index (χ4v) is 1.63. The molecule has 0 bridgehead atoms. The summed E-state index contributed by atoms with van der Waals surface area (Å²) < 4.78 is 26.3. The third-order valence-electron chi connectivity index (χ3n) is 2.52. The van der Waals surface area contributed by atoms with E-state index in [0.717, 1.165) is 12.1 Å². The van der Waals surface area contributed by atoms with Crippen molar-refractivity contribution >= 4 is 5.97 Å². The molecule has 0 amide bonds. The van der Waals surface area contributed by atoms with Gasteiger partial charge in [0.1, 0.15) is 11.6 Å². The molecule has 18 heavy (non-hydrogen) atoms. The first-order chi connectivity index (χ1) is 8.49. The molecule has 5 heteroatoms. The highest BCUT2D eigenvalue weighted by atomic mass is 19.1. The second kappa shape index (κ2) is 4.52. The summed E-state index contributed by atoms with van der Waals surface area (Å²) in [7, 11) is 0. The van der Waals surface area contributed by atoms with Crippen molar-refractivity contribution in [3.8, 4) is 11.3 Å². The number of benzene rings is 1. The van der Waals surface area contributed by atoms with Crippen LogP contribution in [0.15, 0.2) is 30.3 Å². The largest absolute Gasteiger partial charge is 0.478 e. The van der Waals surface area contributed by atoms with Crippen LogP contribution in [0.1, 0.15) is 16.1 Å². The molecule has 3 nitrogen and oxygen atoms in total. The summed E-state index contributed by atoms with van der Waals surface area (Å²) in [5.41, 5.74) is 0.747. The Kier molecular flexibility index (Phi) is 3.06. The Labute approximate surface area is 102 Å². The SMILES string of the molecule is Cc1nc(-c2ccc(F)cc2F)ccc1C(=O)O. The van der Waals surface area contributed by atoms with E-state index in [0.29, 0.717) is 0 Å². The number of aryl methyl sites for hydroxylation is 1. The van der Waals surface area contributed by atoms with Gasteiger partial charge in [-0.15, -0.1) is 0 Å². The van der Waals surface area contributed by atoms with Crippen molar-refractivity contribution in [3.63, 3.8) is 0 Å². The van der Waals surface area contributed by atoms with Gasteiger partial charge in [0.05, 0.1) is 17.0 Å². The fourth-order valence-electron chi connectivity index (χ4n) is 1.63. The molecule has 0 aliphatic carbocycles. The fraction of sp³-hybridized carbons (Fsp3) is 0.0769. The van der Waals surface area contributed by atoms with Crippen LogP contribution in [0, 0.1) is 18.6 Å². The van der Waals surface area contributed by atoms with Crippen molar-refractivity contribution in [1.29, 1.82) is 0 Å². The van der Waals surface area contributed by atoms with Crippen LogP contribution >= 0.6 is 0 Å². The van der Waals surface area contributed by atoms with Gasteiger partial charge < -0.3 is 5.11 Å². The van der Waals surface area contributed by atoms with E-state index < -0.39 is 17.6 Å². The van der Waals surface area contributed by atoms with Gasteiger partial charge in [0.15, 0.2) is 0 Å². The average molecular weight is 249 g/mol. The van der Waals surface area contributed by atoms with Crippen LogP contribution in [0.5, 0.6) is 0 Å². The number of carbonyl (C=O) groups is 1. The Morgan fingerprint density at radius 3 is 2.50 bits per heavy atom. The molecule has 1 N–H and O–H groups in total. The van der Waals surface area contributed by atoms with Crippen LogP contribution in [0.4, 0.5) is 8.78 Å². The molecule has 0 spiro atoms. The van der Waals surface area contributed by atoms with Gasteiger partial charge in [0, 0.05) is 11.6 Å². The lowest BCUT2D eigenvalue weighted by molar-refractivity contribution is 0.0695. The number of aromatic nitrogens is 1. The minimum absolute atomic E-state index is 0.0567. The van der Waals surface area contributed by atoms with E-state index in [1.165, 1.54) is 25.1 Å². The van der Waals surface area contributed by atoms with Gasteiger partial charge in [-0.2, -0.15) is 0 Å². The summed E-state index contributed by atoms with van der Waals surface area (Å²) in [6.45, 7) is 1.52. The molecule has 0 atom stereocenters. The zero-order chi connectivity index (χ0) is 13.3. The predicted molar refractivity (Wildman–Crippen MR) is 61.3 cm³/mol. The van der Waals surface area contributed by atoms with E-state index in [2.05, 4.69) is 4.98 Å². The lowest BCUT2D eigenvalue weighted by Crippen LogP contribution is -2.02. The van der Waals surface area contributed by atoms with Gasteiger partial charge in [-0.25, -0.2) is 13.6 Å². The summed E-state index contributed by atoms with van der Waals surface area (Å²) in [6, 6.07) is 5.90. The Bertz CT molecular complexity index is 626. The van der Waals surface area contributed by atoms with Gasteiger partial charge >= 0.3 is 5.97 Å². The van der Waals surface area contributed by atoms with Crippen molar-refractivity contribution in [3.05, 3.63) is 53.2 Å².